The first-order valence-electron chi connectivity index (χ1n) is 12.2. The van der Waals surface area contributed by atoms with Crippen molar-refractivity contribution < 1.29 is 13.2 Å². The molecule has 2 aromatic rings. The van der Waals surface area contributed by atoms with Crippen molar-refractivity contribution in [3.8, 4) is 0 Å². The van der Waals surface area contributed by atoms with Crippen LogP contribution in [-0.2, 0) is 20.0 Å². The maximum atomic E-state index is 13.4. The molecule has 1 aromatic carbocycles. The lowest BCUT2D eigenvalue weighted by atomic mass is 9.87. The van der Waals surface area contributed by atoms with Crippen molar-refractivity contribution in [3.63, 3.8) is 0 Å². The topological polar surface area (TPSA) is 79.4 Å². The van der Waals surface area contributed by atoms with Crippen LogP contribution in [0.25, 0.3) is 0 Å². The lowest BCUT2D eigenvalue weighted by molar-refractivity contribution is -0.119. The number of hydrogen-bond donors (Lipinski definition) is 1. The molecular weight excluding hydrogens is 454 g/mol. The zero-order valence-corrected chi connectivity index (χ0v) is 21.3. The average molecular weight is 490 g/mol. The molecule has 6 nitrogen and oxygen atoms in total. The van der Waals surface area contributed by atoms with Gasteiger partial charge in [-0.15, -0.1) is 11.3 Å². The maximum Gasteiger partial charge on any atom is 0.237 e. The molecule has 0 aliphatic heterocycles. The van der Waals surface area contributed by atoms with E-state index in [2.05, 4.69) is 29.0 Å². The molecule has 0 spiro atoms. The molecule has 2 saturated carbocycles. The van der Waals surface area contributed by atoms with Crippen LogP contribution in [0, 0.1) is 11.8 Å². The van der Waals surface area contributed by atoms with Crippen molar-refractivity contribution in [2.24, 2.45) is 11.8 Å². The number of anilines is 1. The van der Waals surface area contributed by atoms with Gasteiger partial charge in [0.15, 0.2) is 15.0 Å². The summed E-state index contributed by atoms with van der Waals surface area (Å²) >= 11 is 1.42. The second kappa shape index (κ2) is 10.2. The smallest absolute Gasteiger partial charge is 0.237 e. The maximum absolute atomic E-state index is 13.4. The van der Waals surface area contributed by atoms with Crippen LogP contribution in [0.2, 0.25) is 0 Å². The third-order valence-electron chi connectivity index (χ3n) is 7.55. The summed E-state index contributed by atoms with van der Waals surface area (Å²) in [6, 6.07) is 7.14. The normalized spacial score (nSPS) is 23.2. The molecule has 2 fully saturated rings. The molecule has 2 aliphatic carbocycles. The van der Waals surface area contributed by atoms with E-state index >= 15 is 0 Å². The van der Waals surface area contributed by atoms with Gasteiger partial charge in [-0.1, -0.05) is 51.7 Å². The van der Waals surface area contributed by atoms with Crippen LogP contribution in [0.5, 0.6) is 0 Å². The molecule has 1 aromatic heterocycles. The number of benzene rings is 1. The van der Waals surface area contributed by atoms with Gasteiger partial charge in [0.1, 0.15) is 0 Å². The zero-order chi connectivity index (χ0) is 23.5. The second-order valence-corrected chi connectivity index (χ2v) is 12.3. The van der Waals surface area contributed by atoms with Gasteiger partial charge in [0, 0.05) is 11.6 Å². The van der Waals surface area contributed by atoms with Gasteiger partial charge in [0.2, 0.25) is 5.91 Å². The highest BCUT2D eigenvalue weighted by Gasteiger charge is 2.63. The van der Waals surface area contributed by atoms with Gasteiger partial charge in [0.25, 0.3) is 0 Å². The number of carbonyl (C=O) groups excluding carboxylic acids is 1. The molecule has 0 radical (unpaired) electrons. The molecule has 2 aliphatic rings. The van der Waals surface area contributed by atoms with Crippen LogP contribution in [0.4, 0.5) is 5.13 Å². The molecule has 1 amide bonds. The number of amides is 1. The molecule has 180 valence electrons. The van der Waals surface area contributed by atoms with Crippen molar-refractivity contribution in [2.45, 2.75) is 62.7 Å². The second-order valence-electron chi connectivity index (χ2n) is 9.34. The van der Waals surface area contributed by atoms with Crippen LogP contribution in [0.15, 0.2) is 40.7 Å². The van der Waals surface area contributed by atoms with E-state index in [9.17, 15) is 13.2 Å². The Hall–Kier alpha value is -1.77. The zero-order valence-electron chi connectivity index (χ0n) is 19.6. The third kappa shape index (κ3) is 5.17. The van der Waals surface area contributed by atoms with Crippen LogP contribution < -0.4 is 5.32 Å². The summed E-state index contributed by atoms with van der Waals surface area (Å²) in [6.07, 6.45) is 7.95. The highest BCUT2D eigenvalue weighted by molar-refractivity contribution is 7.91. The number of carbonyl (C=O) groups is 1. The third-order valence-corrected chi connectivity index (χ3v) is 10.1. The molecule has 0 unspecified atom stereocenters. The van der Waals surface area contributed by atoms with Gasteiger partial charge in [-0.2, -0.15) is 0 Å². The quantitative estimate of drug-likeness (QED) is 0.493. The summed E-state index contributed by atoms with van der Waals surface area (Å²) in [4.78, 5) is 20.2. The number of thiazole rings is 1. The molecular formula is C25H35N3O3S2. The molecule has 2 atom stereocenters. The summed E-state index contributed by atoms with van der Waals surface area (Å²) in [6.45, 7) is 6.83. The van der Waals surface area contributed by atoms with Crippen LogP contribution in [0.1, 0.15) is 57.9 Å². The van der Waals surface area contributed by atoms with Crippen molar-refractivity contribution in [2.75, 3.05) is 30.7 Å². The number of sulfone groups is 1. The molecule has 0 saturated heterocycles. The monoisotopic (exact) mass is 489 g/mol. The number of hydrogen-bond acceptors (Lipinski definition) is 6. The van der Waals surface area contributed by atoms with E-state index in [0.29, 0.717) is 28.3 Å². The van der Waals surface area contributed by atoms with Gasteiger partial charge in [-0.25, -0.2) is 13.4 Å². The Morgan fingerprint density at radius 1 is 1.18 bits per heavy atom. The first kappa shape index (κ1) is 24.4. The number of rotatable bonds is 11. The Morgan fingerprint density at radius 3 is 2.48 bits per heavy atom. The first-order valence-corrected chi connectivity index (χ1v) is 14.7. The van der Waals surface area contributed by atoms with Crippen LogP contribution in [0.3, 0.4) is 0 Å². The van der Waals surface area contributed by atoms with Gasteiger partial charge < -0.3 is 10.2 Å². The minimum atomic E-state index is -3.34. The molecule has 1 N–H and O–H groups in total. The van der Waals surface area contributed by atoms with E-state index in [4.69, 9.17) is 0 Å². The lowest BCUT2D eigenvalue weighted by Gasteiger charge is -2.20. The van der Waals surface area contributed by atoms with Crippen molar-refractivity contribution in [1.82, 2.24) is 9.88 Å². The van der Waals surface area contributed by atoms with E-state index in [1.54, 1.807) is 18.3 Å². The standard InChI is InChI=1S/C25H35N3O3S2/c1-3-28(4-2)15-7-17-33(30,31)21-12-10-20(11-13-21)25(18-22(25)19-8-5-6-9-19)23(29)27-24-26-14-16-32-24/h10-14,16,19,22H,3-9,15,17-18H2,1-2H3,(H,26,27,29)/t22-,25-/m0/s1. The van der Waals surface area contributed by atoms with E-state index in [1.807, 2.05) is 17.5 Å². The molecule has 4 rings (SSSR count). The van der Waals surface area contributed by atoms with Crippen molar-refractivity contribution >= 4 is 32.2 Å². The van der Waals surface area contributed by atoms with Gasteiger partial charge >= 0.3 is 0 Å². The SMILES string of the molecule is CCN(CC)CCCS(=O)(=O)c1ccc([C@@]2(C(=O)Nc3nccs3)C[C@H]2C2CCCC2)cc1. The number of aromatic nitrogens is 1. The predicted molar refractivity (Wildman–Crippen MR) is 133 cm³/mol. The van der Waals surface area contributed by atoms with E-state index in [0.717, 1.165) is 31.6 Å². The first-order chi connectivity index (χ1) is 15.9. The molecule has 0 bridgehead atoms. The fraction of sp³-hybridized carbons (Fsp3) is 0.600. The summed E-state index contributed by atoms with van der Waals surface area (Å²) < 4.78 is 25.8. The van der Waals surface area contributed by atoms with Gasteiger partial charge in [-0.3, -0.25) is 4.79 Å². The van der Waals surface area contributed by atoms with E-state index in [-0.39, 0.29) is 11.7 Å². The Morgan fingerprint density at radius 2 is 1.88 bits per heavy atom. The van der Waals surface area contributed by atoms with Crippen LogP contribution in [-0.4, -0.2) is 49.6 Å². The Labute approximate surface area is 201 Å². The van der Waals surface area contributed by atoms with E-state index in [1.165, 1.54) is 37.0 Å². The van der Waals surface area contributed by atoms with E-state index < -0.39 is 15.3 Å². The summed E-state index contributed by atoms with van der Waals surface area (Å²) in [7, 11) is -3.34. The van der Waals surface area contributed by atoms with Crippen molar-refractivity contribution in [3.05, 3.63) is 41.4 Å². The largest absolute Gasteiger partial charge is 0.304 e. The number of nitrogens with one attached hydrogen (secondary N) is 1. The summed E-state index contributed by atoms with van der Waals surface area (Å²) in [5.74, 6) is 1.01. The predicted octanol–water partition coefficient (Wildman–Crippen LogP) is 4.74. The Balaban J connectivity index is 1.51. The van der Waals surface area contributed by atoms with Crippen molar-refractivity contribution in [1.29, 1.82) is 0 Å². The highest BCUT2D eigenvalue weighted by Crippen LogP contribution is 2.61. The minimum absolute atomic E-state index is 0.0100. The fourth-order valence-corrected chi connectivity index (χ4v) is 7.35. The Bertz CT molecular complexity index is 1030. The molecule has 33 heavy (non-hydrogen) atoms. The average Bonchev–Trinajstić information content (AvgIpc) is 3.15. The molecule has 1 heterocycles. The van der Waals surface area contributed by atoms with Gasteiger partial charge in [-0.05, 0) is 62.0 Å². The summed E-state index contributed by atoms with van der Waals surface area (Å²) in [5, 5.41) is 5.48. The fourth-order valence-electron chi connectivity index (χ4n) is 5.53. The number of nitrogens with zero attached hydrogens (tertiary/aromatic N) is 2. The minimum Gasteiger partial charge on any atom is -0.304 e. The van der Waals surface area contributed by atoms with Crippen LogP contribution >= 0.6 is 11.3 Å². The van der Waals surface area contributed by atoms with Gasteiger partial charge in [0.05, 0.1) is 16.1 Å². The summed E-state index contributed by atoms with van der Waals surface area (Å²) in [5.41, 5.74) is 0.349. The molecule has 8 heteroatoms. The highest BCUT2D eigenvalue weighted by atomic mass is 32.2. The lowest BCUT2D eigenvalue weighted by Crippen LogP contribution is -2.31. The Kier molecular flexibility index (Phi) is 7.56.